The molecule has 0 fully saturated rings. The molecule has 0 aromatic heterocycles. The summed E-state index contributed by atoms with van der Waals surface area (Å²) in [4.78, 5) is 16.9. The van der Waals surface area contributed by atoms with Crippen molar-refractivity contribution in [1.82, 2.24) is 0 Å². The van der Waals surface area contributed by atoms with Gasteiger partial charge in [-0.25, -0.2) is 0 Å². The Bertz CT molecular complexity index is 782. The molecule has 0 spiro atoms. The number of hydrogen-bond acceptors (Lipinski definition) is 4. The van der Waals surface area contributed by atoms with Crippen molar-refractivity contribution in [3.8, 4) is 0 Å². The molecule has 1 unspecified atom stereocenters. The number of carbonyl (C=O) groups is 2. The van der Waals surface area contributed by atoms with Crippen LogP contribution in [0, 0.1) is 0 Å². The van der Waals surface area contributed by atoms with Crippen LogP contribution in [0.3, 0.4) is 0 Å². The summed E-state index contributed by atoms with van der Waals surface area (Å²) in [5, 5.41) is 3.17. The highest BCUT2D eigenvalue weighted by Crippen LogP contribution is 2.12. The van der Waals surface area contributed by atoms with Gasteiger partial charge in [0.1, 0.15) is 13.6 Å². The van der Waals surface area contributed by atoms with Crippen LogP contribution in [0.15, 0.2) is 83.3 Å². The SMILES string of the molecule is C=O.C=O.CC(C)c1ccccc1.CC1=CCCC=C1.CCNc1ccc(S(C)=O)cc1. The van der Waals surface area contributed by atoms with Gasteiger partial charge in [0.05, 0.1) is 0 Å². The van der Waals surface area contributed by atoms with Gasteiger partial charge >= 0.3 is 0 Å². The molecule has 32 heavy (non-hydrogen) atoms. The van der Waals surface area contributed by atoms with Crippen LogP contribution in [0.2, 0.25) is 0 Å². The molecule has 0 aliphatic heterocycles. The van der Waals surface area contributed by atoms with E-state index in [-0.39, 0.29) is 0 Å². The second kappa shape index (κ2) is 21.4. The van der Waals surface area contributed by atoms with Crippen molar-refractivity contribution in [2.24, 2.45) is 0 Å². The quantitative estimate of drug-likeness (QED) is 0.563. The van der Waals surface area contributed by atoms with Crippen molar-refractivity contribution in [3.05, 3.63) is 84.0 Å². The molecule has 176 valence electrons. The van der Waals surface area contributed by atoms with Crippen molar-refractivity contribution in [2.75, 3.05) is 18.1 Å². The highest BCUT2D eigenvalue weighted by molar-refractivity contribution is 7.84. The molecule has 1 atom stereocenters. The smallest absolute Gasteiger partial charge is 0.106 e. The number of nitrogens with one attached hydrogen (secondary N) is 1. The Kier molecular flexibility index (Phi) is 21.0. The Morgan fingerprint density at radius 2 is 1.50 bits per heavy atom. The predicted octanol–water partition coefficient (Wildman–Crippen LogP) is 6.58. The fourth-order valence-corrected chi connectivity index (χ4v) is 3.07. The molecule has 0 amide bonds. The third kappa shape index (κ3) is 16.0. The minimum Gasteiger partial charge on any atom is -0.385 e. The summed E-state index contributed by atoms with van der Waals surface area (Å²) >= 11 is 0. The fourth-order valence-electron chi connectivity index (χ4n) is 2.55. The minimum absolute atomic E-state index is 0.659. The van der Waals surface area contributed by atoms with E-state index in [1.165, 1.54) is 24.0 Å². The van der Waals surface area contributed by atoms with Crippen LogP contribution >= 0.6 is 0 Å². The van der Waals surface area contributed by atoms with E-state index in [0.717, 1.165) is 17.1 Å². The van der Waals surface area contributed by atoms with Crippen molar-refractivity contribution in [2.45, 2.75) is 51.3 Å². The topological polar surface area (TPSA) is 63.2 Å². The van der Waals surface area contributed by atoms with Crippen LogP contribution in [-0.4, -0.2) is 30.6 Å². The molecule has 4 nitrogen and oxygen atoms in total. The lowest BCUT2D eigenvalue weighted by Crippen LogP contribution is -1.96. The molecule has 0 saturated heterocycles. The molecular weight excluding hydrogens is 418 g/mol. The molecule has 0 bridgehead atoms. The lowest BCUT2D eigenvalue weighted by molar-refractivity contribution is -0.0987. The van der Waals surface area contributed by atoms with E-state index in [4.69, 9.17) is 9.59 Å². The van der Waals surface area contributed by atoms with Gasteiger partial charge < -0.3 is 14.9 Å². The standard InChI is InChI=1S/C9H13NOS.C9H12.C7H10.2CH2O/c1-3-10-8-4-6-9(7-5-8)12(2)11;1-8(2)9-6-4-3-5-7-9;1-7-5-3-2-4-6-7;2*1-2/h4-7,10H,3H2,1-2H3;3-8H,1-2H3;3,5-6H,2,4H2,1H3;2*1H2. The average Bonchev–Trinajstić information content (AvgIpc) is 2.84. The summed E-state index contributed by atoms with van der Waals surface area (Å²) in [5.41, 5.74) is 3.90. The maximum absolute atomic E-state index is 11.0. The number of allylic oxidation sites excluding steroid dienone is 4. The summed E-state index contributed by atoms with van der Waals surface area (Å²) in [6.45, 7) is 13.5. The molecule has 3 rings (SSSR count). The normalized spacial score (nSPS) is 12.0. The molecule has 2 aromatic carbocycles. The molecule has 5 heteroatoms. The van der Waals surface area contributed by atoms with E-state index in [9.17, 15) is 4.21 Å². The monoisotopic (exact) mass is 457 g/mol. The summed E-state index contributed by atoms with van der Waals surface area (Å²) in [6.07, 6.45) is 10.8. The van der Waals surface area contributed by atoms with Crippen LogP contribution in [-0.2, 0) is 20.4 Å². The summed E-state index contributed by atoms with van der Waals surface area (Å²) in [5.74, 6) is 0.659. The first-order valence-electron chi connectivity index (χ1n) is 10.6. The zero-order valence-corrected chi connectivity index (χ0v) is 21.0. The average molecular weight is 458 g/mol. The fraction of sp³-hybridized carbons (Fsp3) is 0.333. The number of rotatable bonds is 4. The zero-order chi connectivity index (χ0) is 24.8. The van der Waals surface area contributed by atoms with Crippen molar-refractivity contribution in [3.63, 3.8) is 0 Å². The lowest BCUT2D eigenvalue weighted by Gasteiger charge is -2.02. The Morgan fingerprint density at radius 1 is 0.938 bits per heavy atom. The van der Waals surface area contributed by atoms with E-state index in [2.05, 4.69) is 68.6 Å². The first kappa shape index (κ1) is 31.4. The molecule has 1 aliphatic carbocycles. The Hall–Kier alpha value is -2.79. The van der Waals surface area contributed by atoms with Gasteiger partial charge in [0, 0.05) is 34.2 Å². The van der Waals surface area contributed by atoms with Crippen molar-refractivity contribution in [1.29, 1.82) is 0 Å². The van der Waals surface area contributed by atoms with Crippen LogP contribution in [0.1, 0.15) is 52.0 Å². The number of hydrogen-bond donors (Lipinski definition) is 1. The van der Waals surface area contributed by atoms with Gasteiger partial charge in [-0.1, -0.05) is 68.0 Å². The van der Waals surface area contributed by atoms with Gasteiger partial charge in [-0.2, -0.15) is 0 Å². The van der Waals surface area contributed by atoms with E-state index in [1.807, 2.05) is 50.8 Å². The third-order valence-electron chi connectivity index (χ3n) is 4.21. The highest BCUT2D eigenvalue weighted by Gasteiger charge is 1.96. The first-order chi connectivity index (χ1) is 15.4. The van der Waals surface area contributed by atoms with Crippen LogP contribution in [0.5, 0.6) is 0 Å². The van der Waals surface area contributed by atoms with Gasteiger partial charge in [0.2, 0.25) is 0 Å². The van der Waals surface area contributed by atoms with Gasteiger partial charge in [0.25, 0.3) is 0 Å². The molecule has 1 N–H and O–H groups in total. The Balaban J connectivity index is 0. The van der Waals surface area contributed by atoms with Crippen LogP contribution in [0.4, 0.5) is 5.69 Å². The van der Waals surface area contributed by atoms with E-state index >= 15 is 0 Å². The molecule has 0 saturated carbocycles. The molecular formula is C27H39NO3S. The van der Waals surface area contributed by atoms with Crippen molar-refractivity contribution < 1.29 is 13.8 Å². The zero-order valence-electron chi connectivity index (χ0n) is 20.2. The van der Waals surface area contributed by atoms with Gasteiger partial charge in [-0.15, -0.1) is 0 Å². The lowest BCUT2D eigenvalue weighted by atomic mass is 10.0. The molecule has 0 heterocycles. The maximum Gasteiger partial charge on any atom is 0.106 e. The molecule has 0 radical (unpaired) electrons. The minimum atomic E-state index is -0.869. The second-order valence-electron chi connectivity index (χ2n) is 7.00. The van der Waals surface area contributed by atoms with E-state index < -0.39 is 10.8 Å². The molecule has 2 aromatic rings. The number of benzene rings is 2. The number of anilines is 1. The first-order valence-corrected chi connectivity index (χ1v) is 12.1. The van der Waals surface area contributed by atoms with Crippen LogP contribution in [0.25, 0.3) is 0 Å². The Labute approximate surface area is 197 Å². The summed E-state index contributed by atoms with van der Waals surface area (Å²) in [6, 6.07) is 18.2. The van der Waals surface area contributed by atoms with E-state index in [1.54, 1.807) is 6.26 Å². The van der Waals surface area contributed by atoms with Gasteiger partial charge in [0.15, 0.2) is 0 Å². The summed E-state index contributed by atoms with van der Waals surface area (Å²) in [7, 11) is -0.869. The molecule has 1 aliphatic rings. The van der Waals surface area contributed by atoms with E-state index in [0.29, 0.717) is 5.92 Å². The third-order valence-corrected chi connectivity index (χ3v) is 5.15. The van der Waals surface area contributed by atoms with Crippen molar-refractivity contribution >= 4 is 30.1 Å². The second-order valence-corrected chi connectivity index (χ2v) is 8.38. The largest absolute Gasteiger partial charge is 0.385 e. The number of carbonyl (C=O) groups excluding carboxylic acids is 2. The van der Waals surface area contributed by atoms with Crippen LogP contribution < -0.4 is 5.32 Å². The van der Waals surface area contributed by atoms with Gasteiger partial charge in [-0.05, 0) is 62.4 Å². The highest BCUT2D eigenvalue weighted by atomic mass is 32.2. The predicted molar refractivity (Wildman–Crippen MR) is 140 cm³/mol. The Morgan fingerprint density at radius 3 is 1.81 bits per heavy atom. The van der Waals surface area contributed by atoms with Gasteiger partial charge in [-0.3, -0.25) is 4.21 Å². The summed E-state index contributed by atoms with van der Waals surface area (Å²) < 4.78 is 11.0. The maximum atomic E-state index is 11.0.